The van der Waals surface area contributed by atoms with Crippen LogP contribution in [-0.4, -0.2) is 36.3 Å². The van der Waals surface area contributed by atoms with Crippen molar-refractivity contribution in [2.75, 3.05) is 11.2 Å². The van der Waals surface area contributed by atoms with Gasteiger partial charge in [0.05, 0.1) is 10.2 Å². The molecule has 7 nitrogen and oxygen atoms in total. The molecular formula is C11H13BrF2N6OS. The van der Waals surface area contributed by atoms with Crippen molar-refractivity contribution in [2.45, 2.75) is 32.0 Å². The van der Waals surface area contributed by atoms with Gasteiger partial charge in [0.2, 0.25) is 11.0 Å². The van der Waals surface area contributed by atoms with Crippen molar-refractivity contribution in [3.8, 4) is 0 Å². The molecule has 0 unspecified atom stereocenters. The Morgan fingerprint density at radius 1 is 1.50 bits per heavy atom. The minimum Gasteiger partial charge on any atom is -0.271 e. The molecular weight excluding hydrogens is 382 g/mol. The molecule has 2 heterocycles. The second-order valence-electron chi connectivity index (χ2n) is 4.20. The van der Waals surface area contributed by atoms with E-state index in [1.807, 2.05) is 6.92 Å². The highest BCUT2D eigenvalue weighted by Gasteiger charge is 2.22. The second kappa shape index (κ2) is 7.18. The fourth-order valence-corrected chi connectivity index (χ4v) is 2.57. The van der Waals surface area contributed by atoms with E-state index in [0.29, 0.717) is 5.75 Å². The summed E-state index contributed by atoms with van der Waals surface area (Å²) in [5, 5.41) is 11.4. The van der Waals surface area contributed by atoms with Gasteiger partial charge in [0.25, 0.3) is 12.3 Å². The number of aryl methyl sites for hydroxylation is 1. The molecule has 0 spiro atoms. The smallest absolute Gasteiger partial charge is 0.271 e. The number of carbonyl (C=O) groups is 1. The second-order valence-corrected chi connectivity index (χ2v) is 6.29. The fraction of sp³-hybridized carbons (Fsp3) is 0.455. The minimum atomic E-state index is -2.83. The predicted molar refractivity (Wildman–Crippen MR) is 80.4 cm³/mol. The summed E-state index contributed by atoms with van der Waals surface area (Å²) >= 11 is 4.49. The first-order chi connectivity index (χ1) is 10.4. The lowest BCUT2D eigenvalue weighted by molar-refractivity contribution is -0.118. The van der Waals surface area contributed by atoms with Gasteiger partial charge in [-0.3, -0.25) is 14.9 Å². The van der Waals surface area contributed by atoms with Gasteiger partial charge in [0.1, 0.15) is 6.54 Å². The van der Waals surface area contributed by atoms with E-state index in [0.717, 1.165) is 14.8 Å². The summed E-state index contributed by atoms with van der Waals surface area (Å²) in [7, 11) is 0. The van der Waals surface area contributed by atoms with Crippen LogP contribution in [-0.2, 0) is 11.3 Å². The summed E-state index contributed by atoms with van der Waals surface area (Å²) in [5.74, 6) is -0.487. The van der Waals surface area contributed by atoms with Crippen LogP contribution in [0.1, 0.15) is 24.9 Å². The molecule has 0 aliphatic rings. The maximum absolute atomic E-state index is 12.9. The minimum absolute atomic E-state index is 0.108. The molecule has 0 aliphatic carbocycles. The number of nitrogens with one attached hydrogen (secondary N) is 1. The summed E-state index contributed by atoms with van der Waals surface area (Å²) in [6.07, 6.45) is -1.20. The van der Waals surface area contributed by atoms with Gasteiger partial charge in [-0.15, -0.1) is 10.2 Å². The van der Waals surface area contributed by atoms with Crippen molar-refractivity contribution >= 4 is 33.6 Å². The van der Waals surface area contributed by atoms with Crippen molar-refractivity contribution in [1.29, 1.82) is 0 Å². The number of amides is 1. The molecule has 2 aromatic rings. The van der Waals surface area contributed by atoms with Crippen molar-refractivity contribution in [3.05, 3.63) is 22.2 Å². The molecule has 0 saturated carbocycles. The highest BCUT2D eigenvalue weighted by atomic mass is 79.9. The molecule has 0 bridgehead atoms. The van der Waals surface area contributed by atoms with Gasteiger partial charge in [-0.1, -0.05) is 18.7 Å². The molecule has 0 aromatic carbocycles. The number of aromatic nitrogens is 5. The zero-order valence-electron chi connectivity index (χ0n) is 11.8. The number of hydrogen-bond donors (Lipinski definition) is 1. The molecule has 11 heteroatoms. The van der Waals surface area contributed by atoms with Crippen LogP contribution in [0.3, 0.4) is 0 Å². The van der Waals surface area contributed by atoms with Crippen LogP contribution in [0.15, 0.2) is 15.8 Å². The Hall–Kier alpha value is -1.49. The van der Waals surface area contributed by atoms with Crippen LogP contribution in [0, 0.1) is 6.92 Å². The van der Waals surface area contributed by atoms with Crippen molar-refractivity contribution < 1.29 is 13.6 Å². The monoisotopic (exact) mass is 394 g/mol. The predicted octanol–water partition coefficient (Wildman–Crippen LogP) is 2.37. The number of carbonyl (C=O) groups excluding carboxylic acids is 1. The summed E-state index contributed by atoms with van der Waals surface area (Å²) in [5.41, 5.74) is 3.11. The molecule has 2 rings (SSSR count). The molecule has 2 aromatic heterocycles. The van der Waals surface area contributed by atoms with Gasteiger partial charge in [-0.25, -0.2) is 13.5 Å². The first kappa shape index (κ1) is 16.9. The normalized spacial score (nSPS) is 11.2. The number of nitrogens with zero attached hydrogens (tertiary/aromatic N) is 5. The van der Waals surface area contributed by atoms with E-state index in [2.05, 4.69) is 36.7 Å². The third-order valence-electron chi connectivity index (χ3n) is 2.56. The molecule has 0 saturated heterocycles. The van der Waals surface area contributed by atoms with Crippen LogP contribution in [0.5, 0.6) is 0 Å². The molecule has 0 aliphatic heterocycles. The summed E-state index contributed by atoms with van der Waals surface area (Å²) in [6, 6.07) is 0. The van der Waals surface area contributed by atoms with Gasteiger partial charge in [-0.05, 0) is 28.6 Å². The standard InChI is InChI=1S/C11H13BrF2N6OS/c1-3-22-11-16-15-10(9(13)14)20(11)18-8(21)5-19-4-7(12)6(2)17-19/h4,9H,3,5H2,1-2H3,(H,18,21). The Balaban J connectivity index is 2.14. The summed E-state index contributed by atoms with van der Waals surface area (Å²) in [6.45, 7) is 3.52. The maximum atomic E-state index is 12.9. The summed E-state index contributed by atoms with van der Waals surface area (Å²) < 4.78 is 28.9. The lowest BCUT2D eigenvalue weighted by Gasteiger charge is -2.10. The lowest BCUT2D eigenvalue weighted by atomic mass is 10.5. The average molecular weight is 395 g/mol. The van der Waals surface area contributed by atoms with E-state index in [1.165, 1.54) is 16.4 Å². The lowest BCUT2D eigenvalue weighted by Crippen LogP contribution is -2.29. The Morgan fingerprint density at radius 3 is 2.77 bits per heavy atom. The van der Waals surface area contributed by atoms with Gasteiger partial charge in [-0.2, -0.15) is 5.10 Å². The molecule has 1 N–H and O–H groups in total. The van der Waals surface area contributed by atoms with Gasteiger partial charge in [0, 0.05) is 6.20 Å². The van der Waals surface area contributed by atoms with Crippen LogP contribution >= 0.6 is 27.7 Å². The van der Waals surface area contributed by atoms with E-state index < -0.39 is 18.2 Å². The van der Waals surface area contributed by atoms with E-state index in [9.17, 15) is 13.6 Å². The van der Waals surface area contributed by atoms with Crippen LogP contribution in [0.4, 0.5) is 8.78 Å². The average Bonchev–Trinajstić information content (AvgIpc) is 2.95. The molecule has 1 amide bonds. The number of rotatable bonds is 6. The SMILES string of the molecule is CCSc1nnc(C(F)F)n1NC(=O)Cn1cc(Br)c(C)n1. The van der Waals surface area contributed by atoms with Crippen molar-refractivity contribution in [1.82, 2.24) is 24.7 Å². The van der Waals surface area contributed by atoms with Crippen LogP contribution in [0.25, 0.3) is 0 Å². The molecule has 0 atom stereocenters. The van der Waals surface area contributed by atoms with Crippen molar-refractivity contribution in [3.63, 3.8) is 0 Å². The van der Waals surface area contributed by atoms with E-state index >= 15 is 0 Å². The fourth-order valence-electron chi connectivity index (χ4n) is 1.63. The molecule has 120 valence electrons. The van der Waals surface area contributed by atoms with Crippen LogP contribution in [0.2, 0.25) is 0 Å². The zero-order chi connectivity index (χ0) is 16.3. The number of alkyl halides is 2. The highest BCUT2D eigenvalue weighted by Crippen LogP contribution is 2.21. The zero-order valence-corrected chi connectivity index (χ0v) is 14.2. The van der Waals surface area contributed by atoms with E-state index in [1.54, 1.807) is 13.1 Å². The third-order valence-corrected chi connectivity index (χ3v) is 4.15. The Morgan fingerprint density at radius 2 is 2.23 bits per heavy atom. The first-order valence-corrected chi connectivity index (χ1v) is 8.06. The van der Waals surface area contributed by atoms with Gasteiger partial charge >= 0.3 is 0 Å². The number of hydrogen-bond acceptors (Lipinski definition) is 5. The van der Waals surface area contributed by atoms with Gasteiger partial charge in [0.15, 0.2) is 0 Å². The van der Waals surface area contributed by atoms with E-state index in [4.69, 9.17) is 0 Å². The first-order valence-electron chi connectivity index (χ1n) is 6.28. The van der Waals surface area contributed by atoms with Gasteiger partial charge < -0.3 is 0 Å². The Bertz CT molecular complexity index is 654. The largest absolute Gasteiger partial charge is 0.299 e. The van der Waals surface area contributed by atoms with Crippen molar-refractivity contribution in [2.24, 2.45) is 0 Å². The third kappa shape index (κ3) is 3.83. The summed E-state index contributed by atoms with van der Waals surface area (Å²) in [4.78, 5) is 12.0. The Labute approximate surface area is 137 Å². The number of thioether (sulfide) groups is 1. The Kier molecular flexibility index (Phi) is 5.51. The quantitative estimate of drug-likeness (QED) is 0.760. The molecule has 0 radical (unpaired) electrons. The van der Waals surface area contributed by atoms with Crippen LogP contribution < -0.4 is 5.43 Å². The maximum Gasteiger partial charge on any atom is 0.299 e. The van der Waals surface area contributed by atoms with E-state index in [-0.39, 0.29) is 11.7 Å². The number of halogens is 3. The highest BCUT2D eigenvalue weighted by molar-refractivity contribution is 9.10. The molecule has 22 heavy (non-hydrogen) atoms. The molecule has 0 fully saturated rings. The topological polar surface area (TPSA) is 77.6 Å².